The second-order valence-electron chi connectivity index (χ2n) is 12.3. The predicted molar refractivity (Wildman–Crippen MR) is 190 cm³/mol. The Morgan fingerprint density at radius 2 is 1.48 bits per heavy atom. The normalized spacial score (nSPS) is 11.4. The van der Waals surface area contributed by atoms with E-state index >= 15 is 0 Å². The third-order valence-electron chi connectivity index (χ3n) is 7.51. The summed E-state index contributed by atoms with van der Waals surface area (Å²) in [6.45, 7) is 6.73. The number of anilines is 1. The Morgan fingerprint density at radius 1 is 0.800 bits per heavy atom. The maximum atomic E-state index is 13.8. The molecule has 0 aliphatic heterocycles. The maximum Gasteiger partial charge on any atom is 0.263 e. The largest absolute Gasteiger partial charge is 0.493 e. The van der Waals surface area contributed by atoms with Crippen molar-refractivity contribution in [3.63, 3.8) is 0 Å². The molecule has 3 aromatic carbocycles. The molecule has 0 saturated carbocycles. The molecule has 2 heterocycles. The number of nitrogens with zero attached hydrogens (tertiary/aromatic N) is 4. The summed E-state index contributed by atoms with van der Waals surface area (Å²) < 4.78 is 48.0. The fourth-order valence-corrected chi connectivity index (χ4v) is 5.78. The van der Waals surface area contributed by atoms with Crippen molar-refractivity contribution in [1.82, 2.24) is 25.3 Å². The summed E-state index contributed by atoms with van der Waals surface area (Å²) in [5.74, 6) is 0.405. The van der Waals surface area contributed by atoms with E-state index in [1.54, 1.807) is 54.6 Å². The van der Waals surface area contributed by atoms with Crippen LogP contribution in [0, 0.1) is 0 Å². The number of hydrogen-bond donors (Lipinski definition) is 2. The van der Waals surface area contributed by atoms with Crippen LogP contribution < -0.4 is 24.2 Å². The number of methoxy groups -OCH3 is 1. The molecular weight excluding hydrogens is 657 g/mol. The Labute approximate surface area is 292 Å². The minimum atomic E-state index is -4.18. The van der Waals surface area contributed by atoms with Crippen LogP contribution in [0.1, 0.15) is 51.2 Å². The zero-order valence-electron chi connectivity index (χ0n) is 28.4. The number of ether oxygens (including phenoxy) is 3. The number of unbranched alkanes of at least 4 members (excludes halogenated alkanes) is 1. The van der Waals surface area contributed by atoms with Gasteiger partial charge in [-0.15, -0.1) is 0 Å². The summed E-state index contributed by atoms with van der Waals surface area (Å²) in [5.41, 5.74) is 1.83. The lowest BCUT2D eigenvalue weighted by Crippen LogP contribution is -2.22. The highest BCUT2D eigenvalue weighted by Gasteiger charge is 2.26. The van der Waals surface area contributed by atoms with E-state index in [9.17, 15) is 13.2 Å². The van der Waals surface area contributed by atoms with Gasteiger partial charge in [-0.3, -0.25) is 9.52 Å². The molecule has 1 amide bonds. The maximum absolute atomic E-state index is 13.8. The van der Waals surface area contributed by atoms with Gasteiger partial charge in [-0.25, -0.2) is 23.4 Å². The van der Waals surface area contributed by atoms with Gasteiger partial charge in [0.05, 0.1) is 18.6 Å². The Balaban J connectivity index is 1.43. The first-order valence-electron chi connectivity index (χ1n) is 16.1. The molecule has 0 aliphatic rings. The number of rotatable bonds is 15. The van der Waals surface area contributed by atoms with Gasteiger partial charge in [-0.2, -0.15) is 4.98 Å². The summed E-state index contributed by atoms with van der Waals surface area (Å²) in [5, 5.41) is 2.92. The number of amides is 1. The molecule has 2 N–H and O–H groups in total. The van der Waals surface area contributed by atoms with E-state index in [4.69, 9.17) is 14.2 Å². The number of benzene rings is 3. The molecule has 0 saturated heterocycles. The Hall–Kier alpha value is -5.56. The average molecular weight is 697 g/mol. The summed E-state index contributed by atoms with van der Waals surface area (Å²) in [6.07, 6.45) is 4.37. The first-order chi connectivity index (χ1) is 24.0. The van der Waals surface area contributed by atoms with Crippen LogP contribution in [0.4, 0.5) is 5.82 Å². The highest BCUT2D eigenvalue weighted by Crippen LogP contribution is 2.41. The number of sulfonamides is 1. The van der Waals surface area contributed by atoms with Gasteiger partial charge in [-0.05, 0) is 59.7 Å². The third-order valence-corrected chi connectivity index (χ3v) is 8.87. The molecule has 260 valence electrons. The van der Waals surface area contributed by atoms with Crippen LogP contribution in [0.2, 0.25) is 0 Å². The zero-order chi connectivity index (χ0) is 35.6. The molecule has 0 unspecified atom stereocenters. The van der Waals surface area contributed by atoms with Crippen LogP contribution in [-0.2, 0) is 26.8 Å². The summed E-state index contributed by atoms with van der Waals surface area (Å²) in [4.78, 5) is 30.0. The molecule has 0 fully saturated rings. The number of hydrogen-bond acceptors (Lipinski definition) is 10. The lowest BCUT2D eigenvalue weighted by molar-refractivity contribution is -0.121. The monoisotopic (exact) mass is 696 g/mol. The zero-order valence-corrected chi connectivity index (χ0v) is 29.2. The van der Waals surface area contributed by atoms with Crippen LogP contribution >= 0.6 is 0 Å². The van der Waals surface area contributed by atoms with Crippen molar-refractivity contribution in [3.8, 4) is 34.8 Å². The molecule has 0 bridgehead atoms. The van der Waals surface area contributed by atoms with Crippen molar-refractivity contribution in [2.45, 2.75) is 56.9 Å². The number of carbonyl (C=O) groups is 1. The van der Waals surface area contributed by atoms with Crippen molar-refractivity contribution < 1.29 is 27.4 Å². The van der Waals surface area contributed by atoms with E-state index in [0.29, 0.717) is 31.6 Å². The van der Waals surface area contributed by atoms with Gasteiger partial charge in [0, 0.05) is 25.4 Å². The minimum Gasteiger partial charge on any atom is -0.493 e. The fraction of sp³-hybridized carbons (Fsp3) is 0.270. The van der Waals surface area contributed by atoms with E-state index in [0.717, 1.165) is 11.1 Å². The average Bonchev–Trinajstić information content (AvgIpc) is 3.12. The van der Waals surface area contributed by atoms with Crippen molar-refractivity contribution in [1.29, 1.82) is 0 Å². The second kappa shape index (κ2) is 16.2. The highest BCUT2D eigenvalue weighted by molar-refractivity contribution is 7.92. The second-order valence-corrected chi connectivity index (χ2v) is 14.0. The molecule has 12 nitrogen and oxygen atoms in total. The van der Waals surface area contributed by atoms with E-state index < -0.39 is 10.0 Å². The fourth-order valence-electron chi connectivity index (χ4n) is 4.78. The summed E-state index contributed by atoms with van der Waals surface area (Å²) >= 11 is 0. The quantitative estimate of drug-likeness (QED) is 0.113. The summed E-state index contributed by atoms with van der Waals surface area (Å²) in [6, 6.07) is 24.8. The molecule has 0 atom stereocenters. The van der Waals surface area contributed by atoms with Gasteiger partial charge in [0.1, 0.15) is 0 Å². The van der Waals surface area contributed by atoms with Crippen molar-refractivity contribution in [2.24, 2.45) is 0 Å². The number of nitrogens with one attached hydrogen (secondary N) is 2. The van der Waals surface area contributed by atoms with Gasteiger partial charge >= 0.3 is 0 Å². The standard InChI is InChI=1S/C37H40N6O6S/c1-37(2,3)27-18-20-28(21-19-27)50(45,46)43-33-32(49-30-16-9-8-15-29(30)47-4)36(42-35(41-33)34-38-22-12-23-39-34)48-24-11-10-17-31(44)40-25-26-13-6-5-7-14-26/h5-9,12-16,18-23H,10-11,17,24-25H2,1-4H3,(H,40,44)(H,41,42,43). The molecule has 0 spiro atoms. The van der Waals surface area contributed by atoms with Gasteiger partial charge in [0.25, 0.3) is 15.9 Å². The van der Waals surface area contributed by atoms with Gasteiger partial charge in [-0.1, -0.05) is 75.4 Å². The molecule has 13 heteroatoms. The summed E-state index contributed by atoms with van der Waals surface area (Å²) in [7, 11) is -2.69. The molecule has 50 heavy (non-hydrogen) atoms. The molecular formula is C37H40N6O6S. The topological polar surface area (TPSA) is 155 Å². The molecule has 5 rings (SSSR count). The van der Waals surface area contributed by atoms with E-state index in [1.165, 1.54) is 19.5 Å². The first-order valence-corrected chi connectivity index (χ1v) is 17.6. The van der Waals surface area contributed by atoms with Gasteiger partial charge in [0.15, 0.2) is 23.1 Å². The smallest absolute Gasteiger partial charge is 0.263 e. The van der Waals surface area contributed by atoms with Crippen LogP contribution in [0.15, 0.2) is 102 Å². The van der Waals surface area contributed by atoms with E-state index in [2.05, 4.69) is 30.0 Å². The third kappa shape index (κ3) is 9.53. The Kier molecular flexibility index (Phi) is 11.6. The molecule has 2 aromatic heterocycles. The van der Waals surface area contributed by atoms with Crippen molar-refractivity contribution >= 4 is 21.7 Å². The van der Waals surface area contributed by atoms with Crippen LogP contribution in [0.5, 0.6) is 23.1 Å². The molecule has 0 radical (unpaired) electrons. The molecule has 0 aliphatic carbocycles. The highest BCUT2D eigenvalue weighted by atomic mass is 32.2. The predicted octanol–water partition coefficient (Wildman–Crippen LogP) is 6.70. The van der Waals surface area contributed by atoms with Crippen LogP contribution in [0.25, 0.3) is 11.6 Å². The number of para-hydroxylation sites is 2. The molecule has 5 aromatic rings. The van der Waals surface area contributed by atoms with Crippen LogP contribution in [0.3, 0.4) is 0 Å². The number of aromatic nitrogens is 4. The van der Waals surface area contributed by atoms with E-state index in [-0.39, 0.29) is 57.7 Å². The Bertz CT molecular complexity index is 1990. The lowest BCUT2D eigenvalue weighted by Gasteiger charge is -2.20. The van der Waals surface area contributed by atoms with Gasteiger partial charge in [0.2, 0.25) is 17.5 Å². The van der Waals surface area contributed by atoms with Crippen molar-refractivity contribution in [2.75, 3.05) is 18.4 Å². The van der Waals surface area contributed by atoms with Crippen molar-refractivity contribution in [3.05, 3.63) is 108 Å². The number of carbonyl (C=O) groups excluding carboxylic acids is 1. The van der Waals surface area contributed by atoms with Gasteiger partial charge < -0.3 is 19.5 Å². The van der Waals surface area contributed by atoms with Crippen LogP contribution in [-0.4, -0.2) is 48.0 Å². The Morgan fingerprint density at radius 3 is 2.16 bits per heavy atom. The first kappa shape index (κ1) is 35.7. The minimum absolute atomic E-state index is 0.00838. The van der Waals surface area contributed by atoms with E-state index in [1.807, 2.05) is 51.1 Å². The lowest BCUT2D eigenvalue weighted by atomic mass is 9.87. The SMILES string of the molecule is COc1ccccc1Oc1c(NS(=O)(=O)c2ccc(C(C)(C)C)cc2)nc(-c2ncccn2)nc1OCCCCC(=O)NCc1ccccc1.